The summed E-state index contributed by atoms with van der Waals surface area (Å²) in [6.45, 7) is 5.16. The Morgan fingerprint density at radius 3 is 2.42 bits per heavy atom. The van der Waals surface area contributed by atoms with Crippen LogP contribution in [0, 0.1) is 0 Å². The first kappa shape index (κ1) is 16.0. The van der Waals surface area contributed by atoms with Crippen molar-refractivity contribution in [2.24, 2.45) is 0 Å². The van der Waals surface area contributed by atoms with E-state index in [9.17, 15) is 0 Å². The van der Waals surface area contributed by atoms with E-state index in [1.54, 1.807) is 7.11 Å². The van der Waals surface area contributed by atoms with Gasteiger partial charge in [-0.2, -0.15) is 0 Å². The molecular formula is C15H24O4. The van der Waals surface area contributed by atoms with E-state index in [0.29, 0.717) is 33.0 Å². The van der Waals surface area contributed by atoms with E-state index in [4.69, 9.17) is 18.9 Å². The molecule has 1 aromatic rings. The van der Waals surface area contributed by atoms with Crippen LogP contribution in [0.1, 0.15) is 13.3 Å². The zero-order valence-electron chi connectivity index (χ0n) is 11.8. The predicted molar refractivity (Wildman–Crippen MR) is 74.7 cm³/mol. The summed E-state index contributed by atoms with van der Waals surface area (Å²) in [6.07, 6.45) is 1.04. The highest BCUT2D eigenvalue weighted by atomic mass is 16.5. The molecule has 0 amide bonds. The molecule has 0 heterocycles. The number of benzene rings is 1. The average Bonchev–Trinajstić information content (AvgIpc) is 2.44. The Hall–Kier alpha value is -1.10. The second kappa shape index (κ2) is 10.8. The number of methoxy groups -OCH3 is 1. The van der Waals surface area contributed by atoms with Crippen LogP contribution in [-0.2, 0) is 14.2 Å². The van der Waals surface area contributed by atoms with Gasteiger partial charge < -0.3 is 18.9 Å². The van der Waals surface area contributed by atoms with Crippen LogP contribution in [0.4, 0.5) is 0 Å². The van der Waals surface area contributed by atoms with E-state index < -0.39 is 0 Å². The Balaban J connectivity index is 1.94. The molecule has 0 aliphatic carbocycles. The fourth-order valence-electron chi connectivity index (χ4n) is 1.50. The summed E-state index contributed by atoms with van der Waals surface area (Å²) in [7, 11) is 1.66. The molecule has 1 rings (SSSR count). The first-order chi connectivity index (χ1) is 9.33. The quantitative estimate of drug-likeness (QED) is 0.578. The molecule has 0 fully saturated rings. The molecular weight excluding hydrogens is 244 g/mol. The van der Waals surface area contributed by atoms with Crippen LogP contribution in [0.15, 0.2) is 30.3 Å². The molecule has 0 radical (unpaired) electrons. The van der Waals surface area contributed by atoms with E-state index in [-0.39, 0.29) is 6.10 Å². The molecule has 108 valence electrons. The molecule has 0 saturated heterocycles. The Morgan fingerprint density at radius 1 is 0.947 bits per heavy atom. The van der Waals surface area contributed by atoms with E-state index in [2.05, 4.69) is 0 Å². The first-order valence-electron chi connectivity index (χ1n) is 6.69. The molecule has 1 aromatic carbocycles. The van der Waals surface area contributed by atoms with Crippen LogP contribution in [0.2, 0.25) is 0 Å². The minimum absolute atomic E-state index is 0.176. The highest BCUT2D eigenvalue weighted by Gasteiger charge is 2.02. The van der Waals surface area contributed by atoms with Gasteiger partial charge in [-0.1, -0.05) is 18.2 Å². The number of hydrogen-bond acceptors (Lipinski definition) is 4. The largest absolute Gasteiger partial charge is 0.493 e. The lowest BCUT2D eigenvalue weighted by Crippen LogP contribution is -2.16. The van der Waals surface area contributed by atoms with Crippen molar-refractivity contribution in [2.45, 2.75) is 19.4 Å². The molecule has 4 heteroatoms. The van der Waals surface area contributed by atoms with E-state index in [1.165, 1.54) is 0 Å². The van der Waals surface area contributed by atoms with Crippen molar-refractivity contribution in [3.63, 3.8) is 0 Å². The lowest BCUT2D eigenvalue weighted by Gasteiger charge is -2.13. The monoisotopic (exact) mass is 268 g/mol. The molecule has 4 nitrogen and oxygen atoms in total. The van der Waals surface area contributed by atoms with Crippen molar-refractivity contribution >= 4 is 0 Å². The molecule has 0 aliphatic heterocycles. The smallest absolute Gasteiger partial charge is 0.119 e. The maximum Gasteiger partial charge on any atom is 0.119 e. The minimum Gasteiger partial charge on any atom is -0.493 e. The van der Waals surface area contributed by atoms with Gasteiger partial charge in [-0.3, -0.25) is 0 Å². The van der Waals surface area contributed by atoms with Crippen LogP contribution >= 0.6 is 0 Å². The van der Waals surface area contributed by atoms with Crippen LogP contribution in [0.25, 0.3) is 0 Å². The molecule has 0 bridgehead atoms. The van der Waals surface area contributed by atoms with E-state index >= 15 is 0 Å². The average molecular weight is 268 g/mol. The standard InChI is InChI=1S/C15H24O4/c1-14(18-13-12-17-11-10-16-2)8-9-19-15-6-4-3-5-7-15/h3-7,14H,8-13H2,1-2H3. The van der Waals surface area contributed by atoms with Crippen LogP contribution in [0.5, 0.6) is 5.75 Å². The number of para-hydroxylation sites is 1. The third-order valence-corrected chi connectivity index (χ3v) is 2.60. The summed E-state index contributed by atoms with van der Waals surface area (Å²) in [5.74, 6) is 0.901. The Bertz CT molecular complexity index is 302. The third kappa shape index (κ3) is 8.59. The third-order valence-electron chi connectivity index (χ3n) is 2.60. The maximum absolute atomic E-state index is 5.61. The first-order valence-corrected chi connectivity index (χ1v) is 6.69. The summed E-state index contributed by atoms with van der Waals surface area (Å²) >= 11 is 0. The van der Waals surface area contributed by atoms with Crippen LogP contribution in [-0.4, -0.2) is 46.2 Å². The van der Waals surface area contributed by atoms with E-state index in [0.717, 1.165) is 12.2 Å². The summed E-state index contributed by atoms with van der Waals surface area (Å²) in [6, 6.07) is 9.81. The summed E-state index contributed by atoms with van der Waals surface area (Å²) < 4.78 is 21.4. The van der Waals surface area contributed by atoms with Gasteiger partial charge in [-0.25, -0.2) is 0 Å². The normalized spacial score (nSPS) is 12.3. The molecule has 0 aliphatic rings. The molecule has 19 heavy (non-hydrogen) atoms. The predicted octanol–water partition coefficient (Wildman–Crippen LogP) is 2.52. The van der Waals surface area contributed by atoms with Gasteiger partial charge in [0.15, 0.2) is 0 Å². The molecule has 0 aromatic heterocycles. The van der Waals surface area contributed by atoms with Crippen molar-refractivity contribution in [3.8, 4) is 5.75 Å². The van der Waals surface area contributed by atoms with E-state index in [1.807, 2.05) is 37.3 Å². The summed E-state index contributed by atoms with van der Waals surface area (Å²) in [4.78, 5) is 0. The maximum atomic E-state index is 5.61. The number of ether oxygens (including phenoxy) is 4. The summed E-state index contributed by atoms with van der Waals surface area (Å²) in [5.41, 5.74) is 0. The molecule has 0 spiro atoms. The molecule has 1 unspecified atom stereocenters. The number of hydrogen-bond donors (Lipinski definition) is 0. The van der Waals surface area contributed by atoms with Gasteiger partial charge >= 0.3 is 0 Å². The highest BCUT2D eigenvalue weighted by Crippen LogP contribution is 2.09. The van der Waals surface area contributed by atoms with Crippen molar-refractivity contribution in [2.75, 3.05) is 40.1 Å². The van der Waals surface area contributed by atoms with Gasteiger partial charge in [0.05, 0.1) is 39.1 Å². The Kier molecular flexibility index (Phi) is 9.06. The minimum atomic E-state index is 0.176. The fraction of sp³-hybridized carbons (Fsp3) is 0.600. The highest BCUT2D eigenvalue weighted by molar-refractivity contribution is 5.20. The fourth-order valence-corrected chi connectivity index (χ4v) is 1.50. The Morgan fingerprint density at radius 2 is 1.68 bits per heavy atom. The van der Waals surface area contributed by atoms with Crippen molar-refractivity contribution < 1.29 is 18.9 Å². The van der Waals surface area contributed by atoms with Crippen molar-refractivity contribution in [1.82, 2.24) is 0 Å². The number of rotatable bonds is 11. The summed E-state index contributed by atoms with van der Waals surface area (Å²) in [5, 5.41) is 0. The van der Waals surface area contributed by atoms with Gasteiger partial charge in [0.2, 0.25) is 0 Å². The molecule has 0 N–H and O–H groups in total. The molecule has 1 atom stereocenters. The van der Waals surface area contributed by atoms with Crippen molar-refractivity contribution in [3.05, 3.63) is 30.3 Å². The Labute approximate surface area is 115 Å². The van der Waals surface area contributed by atoms with Gasteiger partial charge in [0.1, 0.15) is 5.75 Å². The lowest BCUT2D eigenvalue weighted by atomic mass is 10.3. The van der Waals surface area contributed by atoms with Gasteiger partial charge in [0, 0.05) is 13.5 Å². The van der Waals surface area contributed by atoms with Crippen LogP contribution < -0.4 is 4.74 Å². The van der Waals surface area contributed by atoms with Crippen molar-refractivity contribution in [1.29, 1.82) is 0 Å². The van der Waals surface area contributed by atoms with Gasteiger partial charge in [-0.15, -0.1) is 0 Å². The lowest BCUT2D eigenvalue weighted by molar-refractivity contribution is -0.00615. The second-order valence-corrected chi connectivity index (χ2v) is 4.24. The van der Waals surface area contributed by atoms with Gasteiger partial charge in [0.25, 0.3) is 0 Å². The SMILES string of the molecule is COCCOCCOC(C)CCOc1ccccc1. The molecule has 0 saturated carbocycles. The second-order valence-electron chi connectivity index (χ2n) is 4.24. The van der Waals surface area contributed by atoms with Gasteiger partial charge in [-0.05, 0) is 19.1 Å². The van der Waals surface area contributed by atoms with Crippen LogP contribution in [0.3, 0.4) is 0 Å². The zero-order chi connectivity index (χ0) is 13.8. The topological polar surface area (TPSA) is 36.9 Å². The zero-order valence-corrected chi connectivity index (χ0v) is 11.8.